The highest BCUT2D eigenvalue weighted by atomic mass is 35.5. The highest BCUT2D eigenvalue weighted by Crippen LogP contribution is 2.33. The molecule has 1 N–H and O–H groups in total. The van der Waals surface area contributed by atoms with Crippen molar-refractivity contribution in [3.63, 3.8) is 0 Å². The van der Waals surface area contributed by atoms with Gasteiger partial charge in [-0.05, 0) is 66.8 Å². The van der Waals surface area contributed by atoms with Crippen molar-refractivity contribution in [3.8, 4) is 0 Å². The van der Waals surface area contributed by atoms with Crippen LogP contribution < -0.4 is 10.2 Å². The van der Waals surface area contributed by atoms with E-state index in [0.29, 0.717) is 17.8 Å². The molecule has 0 spiro atoms. The zero-order valence-electron chi connectivity index (χ0n) is 16.1. The molecule has 2 heterocycles. The average Bonchev–Trinajstić information content (AvgIpc) is 3.09. The van der Waals surface area contributed by atoms with Gasteiger partial charge in [-0.15, -0.1) is 11.3 Å². The number of carbonyl (C=O) groups is 2. The average molecular weight is 441 g/mol. The van der Waals surface area contributed by atoms with Crippen LogP contribution in [0.5, 0.6) is 0 Å². The lowest BCUT2D eigenvalue weighted by molar-refractivity contribution is 0.0986. The third kappa shape index (κ3) is 3.88. The van der Waals surface area contributed by atoms with Gasteiger partial charge in [0.05, 0.1) is 21.2 Å². The summed E-state index contributed by atoms with van der Waals surface area (Å²) in [5, 5.41) is 4.90. The zero-order chi connectivity index (χ0) is 21.3. The number of hydrogen-bond donors (Lipinski definition) is 1. The first-order valence-corrected chi connectivity index (χ1v) is 10.6. The molecule has 0 atom stereocenters. The van der Waals surface area contributed by atoms with E-state index in [1.165, 1.54) is 18.2 Å². The van der Waals surface area contributed by atoms with Crippen molar-refractivity contribution in [1.82, 2.24) is 0 Å². The van der Waals surface area contributed by atoms with Gasteiger partial charge in [0.2, 0.25) is 0 Å². The monoisotopic (exact) mass is 440 g/mol. The Kier molecular flexibility index (Phi) is 5.70. The quantitative estimate of drug-likeness (QED) is 0.529. The number of benzene rings is 2. The minimum atomic E-state index is -0.443. The van der Waals surface area contributed by atoms with Crippen molar-refractivity contribution in [2.24, 2.45) is 0 Å². The Morgan fingerprint density at radius 2 is 2.00 bits per heavy atom. The molecule has 0 fully saturated rings. The summed E-state index contributed by atoms with van der Waals surface area (Å²) in [6, 6.07) is 11.0. The molecule has 1 aliphatic rings. The van der Waals surface area contributed by atoms with Crippen molar-refractivity contribution in [3.05, 3.63) is 86.3 Å². The number of hydrogen-bond acceptors (Lipinski definition) is 3. The molecule has 0 saturated heterocycles. The molecule has 0 saturated carbocycles. The maximum atomic E-state index is 13.7. The molecule has 7 heteroatoms. The summed E-state index contributed by atoms with van der Waals surface area (Å²) in [4.78, 5) is 28.4. The lowest BCUT2D eigenvalue weighted by Crippen LogP contribution is -2.31. The van der Waals surface area contributed by atoms with Gasteiger partial charge in [-0.2, -0.15) is 0 Å². The van der Waals surface area contributed by atoms with Crippen molar-refractivity contribution in [2.45, 2.75) is 13.3 Å². The number of nitrogens with zero attached hydrogens (tertiary/aromatic N) is 1. The minimum Gasteiger partial charge on any atom is -0.322 e. The molecular formula is C23H18ClFN2O2S. The van der Waals surface area contributed by atoms with Gasteiger partial charge in [0.1, 0.15) is 5.82 Å². The van der Waals surface area contributed by atoms with E-state index < -0.39 is 11.7 Å². The second-order valence-corrected chi connectivity index (χ2v) is 8.23. The third-order valence-electron chi connectivity index (χ3n) is 4.97. The summed E-state index contributed by atoms with van der Waals surface area (Å²) in [5.41, 5.74) is 2.17. The predicted molar refractivity (Wildman–Crippen MR) is 120 cm³/mol. The van der Waals surface area contributed by atoms with Crippen molar-refractivity contribution in [1.29, 1.82) is 0 Å². The first-order valence-electron chi connectivity index (χ1n) is 9.37. The molecule has 2 aromatic carbocycles. The maximum Gasteiger partial charge on any atom is 0.259 e. The number of thiophene rings is 1. The summed E-state index contributed by atoms with van der Waals surface area (Å²) >= 11 is 7.98. The Bertz CT molecular complexity index is 1170. The Labute approximate surface area is 182 Å². The lowest BCUT2D eigenvalue weighted by Gasteiger charge is -2.22. The Morgan fingerprint density at radius 3 is 2.80 bits per heavy atom. The predicted octanol–water partition coefficient (Wildman–Crippen LogP) is 6.17. The molecule has 4 rings (SSSR count). The smallest absolute Gasteiger partial charge is 0.259 e. The van der Waals surface area contributed by atoms with Crippen LogP contribution in [0, 0.1) is 12.7 Å². The van der Waals surface area contributed by atoms with Crippen molar-refractivity contribution >= 4 is 52.2 Å². The Balaban J connectivity index is 1.56. The fraction of sp³-hybridized carbons (Fsp3) is 0.130. The zero-order valence-corrected chi connectivity index (χ0v) is 17.7. The van der Waals surface area contributed by atoms with Gasteiger partial charge in [-0.1, -0.05) is 23.7 Å². The number of carbonyl (C=O) groups excluding carboxylic acids is 2. The number of fused-ring (bicyclic) bond motifs is 1. The fourth-order valence-corrected chi connectivity index (χ4v) is 4.43. The Morgan fingerprint density at radius 1 is 1.17 bits per heavy atom. The second-order valence-electron chi connectivity index (χ2n) is 6.88. The van der Waals surface area contributed by atoms with E-state index in [1.54, 1.807) is 41.4 Å². The van der Waals surface area contributed by atoms with Crippen molar-refractivity contribution in [2.75, 3.05) is 16.8 Å². The maximum absolute atomic E-state index is 13.7. The van der Waals surface area contributed by atoms with Crippen LogP contribution in [0.4, 0.5) is 15.8 Å². The van der Waals surface area contributed by atoms with Gasteiger partial charge < -0.3 is 10.2 Å². The number of rotatable bonds is 3. The summed E-state index contributed by atoms with van der Waals surface area (Å²) in [7, 11) is 0. The van der Waals surface area contributed by atoms with Crippen LogP contribution in [0.15, 0.2) is 53.9 Å². The van der Waals surface area contributed by atoms with E-state index in [4.69, 9.17) is 11.6 Å². The molecule has 0 unspecified atom stereocenters. The number of amides is 2. The van der Waals surface area contributed by atoms with E-state index >= 15 is 0 Å². The van der Waals surface area contributed by atoms with Crippen LogP contribution in [-0.2, 0) is 0 Å². The van der Waals surface area contributed by atoms with Crippen LogP contribution in [0.25, 0.3) is 6.08 Å². The number of halogens is 2. The molecule has 0 radical (unpaired) electrons. The largest absolute Gasteiger partial charge is 0.322 e. The first kappa shape index (κ1) is 20.3. The molecular weight excluding hydrogens is 423 g/mol. The van der Waals surface area contributed by atoms with E-state index in [-0.39, 0.29) is 22.1 Å². The van der Waals surface area contributed by atoms with Crippen LogP contribution in [0.2, 0.25) is 5.02 Å². The van der Waals surface area contributed by atoms with Crippen molar-refractivity contribution < 1.29 is 14.0 Å². The van der Waals surface area contributed by atoms with Gasteiger partial charge in [0, 0.05) is 17.8 Å². The summed E-state index contributed by atoms with van der Waals surface area (Å²) in [6.45, 7) is 2.11. The standard InChI is InChI=1S/C23H18ClFN2O2S/c1-14-16(5-4-6-19(14)25)22(28)26-15-8-9-17(18(24)13-15)23(29)27-11-3-2-7-21-20(27)10-12-30-21/h2,4-10,12-13H,3,11H2,1H3,(H,26,28). The molecule has 30 heavy (non-hydrogen) atoms. The van der Waals surface area contributed by atoms with E-state index in [2.05, 4.69) is 11.4 Å². The normalized spacial score (nSPS) is 13.0. The molecule has 0 aliphatic carbocycles. The molecule has 0 bridgehead atoms. The van der Waals surface area contributed by atoms with Gasteiger partial charge in [-0.25, -0.2) is 4.39 Å². The SMILES string of the molecule is Cc1c(F)cccc1C(=O)Nc1ccc(C(=O)N2CCC=Cc3sccc32)c(Cl)c1. The van der Waals surface area contributed by atoms with Crippen LogP contribution in [0.1, 0.15) is 37.6 Å². The summed E-state index contributed by atoms with van der Waals surface area (Å²) in [6.07, 6.45) is 4.84. The van der Waals surface area contributed by atoms with Crippen LogP contribution in [0.3, 0.4) is 0 Å². The molecule has 152 valence electrons. The summed E-state index contributed by atoms with van der Waals surface area (Å²) in [5.74, 6) is -1.08. The van der Waals surface area contributed by atoms with E-state index in [1.807, 2.05) is 17.5 Å². The Hall–Kier alpha value is -2.96. The molecule has 1 aliphatic heterocycles. The van der Waals surface area contributed by atoms with Gasteiger partial charge >= 0.3 is 0 Å². The number of nitrogens with one attached hydrogen (secondary N) is 1. The third-order valence-corrected chi connectivity index (χ3v) is 6.15. The molecule has 1 aromatic heterocycles. The first-order chi connectivity index (χ1) is 14.5. The highest BCUT2D eigenvalue weighted by molar-refractivity contribution is 7.11. The van der Waals surface area contributed by atoms with Gasteiger partial charge in [0.15, 0.2) is 0 Å². The van der Waals surface area contributed by atoms with Crippen LogP contribution >= 0.6 is 22.9 Å². The highest BCUT2D eigenvalue weighted by Gasteiger charge is 2.23. The lowest BCUT2D eigenvalue weighted by atomic mass is 10.1. The van der Waals surface area contributed by atoms with Crippen LogP contribution in [-0.4, -0.2) is 18.4 Å². The molecule has 4 nitrogen and oxygen atoms in total. The number of anilines is 2. The topological polar surface area (TPSA) is 49.4 Å². The molecule has 3 aromatic rings. The second kappa shape index (κ2) is 8.42. The summed E-state index contributed by atoms with van der Waals surface area (Å²) < 4.78 is 13.7. The van der Waals surface area contributed by atoms with E-state index in [9.17, 15) is 14.0 Å². The minimum absolute atomic E-state index is 0.192. The van der Waals surface area contributed by atoms with E-state index in [0.717, 1.165) is 17.0 Å². The molecule has 2 amide bonds. The van der Waals surface area contributed by atoms with Gasteiger partial charge in [-0.3, -0.25) is 9.59 Å². The van der Waals surface area contributed by atoms with Gasteiger partial charge in [0.25, 0.3) is 11.8 Å². The fourth-order valence-electron chi connectivity index (χ4n) is 3.35.